The second-order valence-electron chi connectivity index (χ2n) is 4.11. The zero-order valence-electron chi connectivity index (χ0n) is 10.6. The molecule has 0 spiro atoms. The summed E-state index contributed by atoms with van der Waals surface area (Å²) in [6.07, 6.45) is 5.20. The van der Waals surface area contributed by atoms with E-state index < -0.39 is 5.97 Å². The van der Waals surface area contributed by atoms with E-state index >= 15 is 0 Å². The summed E-state index contributed by atoms with van der Waals surface area (Å²) >= 11 is 0. The van der Waals surface area contributed by atoms with Crippen LogP contribution in [0.1, 0.15) is 38.5 Å². The fraction of sp³-hybridized carbons (Fsp3) is 0.692. The van der Waals surface area contributed by atoms with Crippen LogP contribution in [0.15, 0.2) is 12.7 Å². The Bertz CT molecular complexity index is 281. The Kier molecular flexibility index (Phi) is 7.10. The van der Waals surface area contributed by atoms with Crippen LogP contribution in [-0.4, -0.2) is 31.4 Å². The molecule has 1 fully saturated rings. The van der Waals surface area contributed by atoms with E-state index in [1.807, 2.05) is 0 Å². The fourth-order valence-electron chi connectivity index (χ4n) is 1.61. The predicted octanol–water partition coefficient (Wildman–Crippen LogP) is 1.96. The van der Waals surface area contributed by atoms with Gasteiger partial charge in [-0.1, -0.05) is 6.58 Å². The molecule has 1 unspecified atom stereocenters. The molecule has 1 heterocycles. The van der Waals surface area contributed by atoms with Crippen LogP contribution in [0.2, 0.25) is 0 Å². The fourth-order valence-corrected chi connectivity index (χ4v) is 1.61. The van der Waals surface area contributed by atoms with Gasteiger partial charge in [-0.25, -0.2) is 4.79 Å². The maximum Gasteiger partial charge on any atom is 0.330 e. The molecule has 1 atom stereocenters. The van der Waals surface area contributed by atoms with Crippen LogP contribution in [0, 0.1) is 0 Å². The van der Waals surface area contributed by atoms with Gasteiger partial charge in [-0.3, -0.25) is 4.79 Å². The first-order chi connectivity index (χ1) is 8.72. The largest absolute Gasteiger partial charge is 0.463 e. The molecule has 0 bridgehead atoms. The molecule has 1 aliphatic heterocycles. The Hall–Kier alpha value is -1.36. The minimum Gasteiger partial charge on any atom is -0.463 e. The molecule has 0 aromatic heterocycles. The van der Waals surface area contributed by atoms with Gasteiger partial charge in [-0.05, 0) is 25.7 Å². The molecule has 0 radical (unpaired) electrons. The molecule has 102 valence electrons. The van der Waals surface area contributed by atoms with Gasteiger partial charge >= 0.3 is 11.9 Å². The lowest BCUT2D eigenvalue weighted by Crippen LogP contribution is -2.25. The molecular formula is C13H20O5. The molecule has 5 nitrogen and oxygen atoms in total. The van der Waals surface area contributed by atoms with E-state index in [2.05, 4.69) is 6.58 Å². The Labute approximate surface area is 107 Å². The van der Waals surface area contributed by atoms with Crippen LogP contribution in [0.4, 0.5) is 0 Å². The first-order valence-corrected chi connectivity index (χ1v) is 6.32. The van der Waals surface area contributed by atoms with Crippen molar-refractivity contribution in [2.75, 3.05) is 13.2 Å². The Morgan fingerprint density at radius 3 is 2.83 bits per heavy atom. The lowest BCUT2D eigenvalue weighted by molar-refractivity contribution is -0.186. The number of carbonyl (C=O) groups excluding carboxylic acids is 2. The first-order valence-electron chi connectivity index (χ1n) is 6.32. The van der Waals surface area contributed by atoms with Crippen LogP contribution < -0.4 is 0 Å². The SMILES string of the molecule is C=CC(=O)OCCCCC(=O)OC1CCCCO1. The minimum atomic E-state index is -0.437. The van der Waals surface area contributed by atoms with Gasteiger partial charge in [-0.2, -0.15) is 0 Å². The minimum absolute atomic E-state index is 0.253. The Balaban J connectivity index is 1.99. The monoisotopic (exact) mass is 256 g/mol. The van der Waals surface area contributed by atoms with Crippen LogP contribution in [0.5, 0.6) is 0 Å². The highest BCUT2D eigenvalue weighted by molar-refractivity contribution is 5.81. The van der Waals surface area contributed by atoms with Crippen molar-refractivity contribution in [1.82, 2.24) is 0 Å². The third-order valence-electron chi connectivity index (χ3n) is 2.59. The normalized spacial score (nSPS) is 19.0. The molecule has 5 heteroatoms. The maximum atomic E-state index is 11.4. The zero-order chi connectivity index (χ0) is 13.2. The van der Waals surface area contributed by atoms with Gasteiger partial charge in [0.2, 0.25) is 6.29 Å². The predicted molar refractivity (Wildman–Crippen MR) is 64.7 cm³/mol. The number of esters is 2. The molecule has 0 amide bonds. The molecule has 0 saturated carbocycles. The summed E-state index contributed by atoms with van der Waals surface area (Å²) in [7, 11) is 0. The molecule has 1 saturated heterocycles. The van der Waals surface area contributed by atoms with Crippen molar-refractivity contribution in [2.24, 2.45) is 0 Å². The average Bonchev–Trinajstić information content (AvgIpc) is 2.39. The summed E-state index contributed by atoms with van der Waals surface area (Å²) in [6, 6.07) is 0. The van der Waals surface area contributed by atoms with Crippen LogP contribution >= 0.6 is 0 Å². The summed E-state index contributed by atoms with van der Waals surface area (Å²) in [5.74, 6) is -0.690. The number of hydrogen-bond acceptors (Lipinski definition) is 5. The first kappa shape index (κ1) is 14.7. The average molecular weight is 256 g/mol. The van der Waals surface area contributed by atoms with Gasteiger partial charge in [0.15, 0.2) is 0 Å². The summed E-state index contributed by atoms with van der Waals surface area (Å²) in [5, 5.41) is 0. The quantitative estimate of drug-likeness (QED) is 0.396. The van der Waals surface area contributed by atoms with E-state index in [0.717, 1.165) is 25.3 Å². The van der Waals surface area contributed by atoms with Crippen molar-refractivity contribution in [3.05, 3.63) is 12.7 Å². The van der Waals surface area contributed by atoms with E-state index in [-0.39, 0.29) is 12.3 Å². The van der Waals surface area contributed by atoms with E-state index in [0.29, 0.717) is 32.5 Å². The number of ether oxygens (including phenoxy) is 3. The molecule has 18 heavy (non-hydrogen) atoms. The number of hydrogen-bond donors (Lipinski definition) is 0. The molecule has 0 aromatic rings. The summed E-state index contributed by atoms with van der Waals surface area (Å²) in [4.78, 5) is 22.2. The Morgan fingerprint density at radius 2 is 2.17 bits per heavy atom. The van der Waals surface area contributed by atoms with Gasteiger partial charge in [0.05, 0.1) is 13.2 Å². The Morgan fingerprint density at radius 1 is 1.33 bits per heavy atom. The topological polar surface area (TPSA) is 61.8 Å². The van der Waals surface area contributed by atoms with Crippen LogP contribution in [0.3, 0.4) is 0 Å². The third-order valence-corrected chi connectivity index (χ3v) is 2.59. The summed E-state index contributed by atoms with van der Waals surface area (Å²) in [5.41, 5.74) is 0. The van der Waals surface area contributed by atoms with E-state index in [1.165, 1.54) is 0 Å². The van der Waals surface area contributed by atoms with Crippen LogP contribution in [0.25, 0.3) is 0 Å². The lowest BCUT2D eigenvalue weighted by atomic mass is 10.2. The molecule has 1 rings (SSSR count). The van der Waals surface area contributed by atoms with Gasteiger partial charge in [0.1, 0.15) is 0 Å². The van der Waals surface area contributed by atoms with Crippen molar-refractivity contribution in [1.29, 1.82) is 0 Å². The van der Waals surface area contributed by atoms with Crippen molar-refractivity contribution in [3.63, 3.8) is 0 Å². The highest BCUT2D eigenvalue weighted by atomic mass is 16.7. The van der Waals surface area contributed by atoms with Crippen molar-refractivity contribution in [3.8, 4) is 0 Å². The van der Waals surface area contributed by atoms with Crippen LogP contribution in [-0.2, 0) is 23.8 Å². The smallest absolute Gasteiger partial charge is 0.330 e. The van der Waals surface area contributed by atoms with Crippen molar-refractivity contribution in [2.45, 2.75) is 44.8 Å². The molecule has 0 aromatic carbocycles. The molecule has 1 aliphatic rings. The van der Waals surface area contributed by atoms with Gasteiger partial charge in [-0.15, -0.1) is 0 Å². The number of carbonyl (C=O) groups is 2. The van der Waals surface area contributed by atoms with Gasteiger partial charge < -0.3 is 14.2 Å². The summed E-state index contributed by atoms with van der Waals surface area (Å²) in [6.45, 7) is 4.26. The van der Waals surface area contributed by atoms with E-state index in [4.69, 9.17) is 14.2 Å². The maximum absolute atomic E-state index is 11.4. The van der Waals surface area contributed by atoms with Gasteiger partial charge in [0.25, 0.3) is 0 Å². The molecule has 0 N–H and O–H groups in total. The third kappa shape index (κ3) is 6.39. The van der Waals surface area contributed by atoms with Crippen molar-refractivity contribution < 1.29 is 23.8 Å². The van der Waals surface area contributed by atoms with Gasteiger partial charge in [0, 0.05) is 18.9 Å². The van der Waals surface area contributed by atoms with E-state index in [1.54, 1.807) is 0 Å². The lowest BCUT2D eigenvalue weighted by Gasteiger charge is -2.22. The second kappa shape index (κ2) is 8.69. The number of rotatable bonds is 7. The highest BCUT2D eigenvalue weighted by Crippen LogP contribution is 2.14. The second-order valence-corrected chi connectivity index (χ2v) is 4.11. The molecule has 0 aliphatic carbocycles. The van der Waals surface area contributed by atoms with E-state index in [9.17, 15) is 9.59 Å². The number of unbranched alkanes of at least 4 members (excludes halogenated alkanes) is 1. The van der Waals surface area contributed by atoms with Crippen molar-refractivity contribution >= 4 is 11.9 Å². The highest BCUT2D eigenvalue weighted by Gasteiger charge is 2.17. The molecular weight excluding hydrogens is 236 g/mol. The standard InChI is InChI=1S/C13H20O5/c1-2-11(14)16-9-5-3-7-12(15)18-13-8-4-6-10-17-13/h2,13H,1,3-10H2. The summed E-state index contributed by atoms with van der Waals surface area (Å²) < 4.78 is 15.2. The zero-order valence-corrected chi connectivity index (χ0v) is 10.6.